The largest absolute Gasteiger partial charge is 0.460 e. The molecule has 12 heteroatoms. The number of halogens is 2. The minimum atomic E-state index is -1.27. The number of esters is 1. The van der Waals surface area contributed by atoms with Gasteiger partial charge in [0.1, 0.15) is 17.7 Å². The van der Waals surface area contributed by atoms with E-state index in [-0.39, 0.29) is 55.2 Å². The Hall–Kier alpha value is -2.73. The van der Waals surface area contributed by atoms with Gasteiger partial charge < -0.3 is 29.7 Å². The van der Waals surface area contributed by atoms with Crippen LogP contribution in [-0.2, 0) is 28.7 Å². The number of allylic oxidation sites excluding steroid dienone is 1. The van der Waals surface area contributed by atoms with Crippen LogP contribution in [0.5, 0.6) is 0 Å². The fourth-order valence-corrected chi connectivity index (χ4v) is 7.82. The zero-order valence-electron chi connectivity index (χ0n) is 25.0. The molecule has 1 aromatic rings. The molecule has 0 aromatic heterocycles. The Morgan fingerprint density at radius 3 is 2.70 bits per heavy atom. The number of aliphatic hydroxyl groups excluding tert-OH is 1. The van der Waals surface area contributed by atoms with E-state index in [9.17, 15) is 24.3 Å². The van der Waals surface area contributed by atoms with Gasteiger partial charge in [-0.05, 0) is 51.2 Å². The lowest BCUT2D eigenvalue weighted by Gasteiger charge is -2.37. The summed E-state index contributed by atoms with van der Waals surface area (Å²) >= 11 is 10.2. The third-order valence-electron chi connectivity index (χ3n) is 8.55. The summed E-state index contributed by atoms with van der Waals surface area (Å²) in [6.45, 7) is 9.66. The second-order valence-electron chi connectivity index (χ2n) is 11.5. The summed E-state index contributed by atoms with van der Waals surface area (Å²) in [5.74, 6) is -3.35. The molecular formula is C32H41BrClN3O7. The van der Waals surface area contributed by atoms with Gasteiger partial charge in [-0.1, -0.05) is 51.8 Å². The quantitative estimate of drug-likeness (QED) is 0.117. The van der Waals surface area contributed by atoms with E-state index in [2.05, 4.69) is 34.4 Å². The summed E-state index contributed by atoms with van der Waals surface area (Å²) < 4.78 is 12.3. The molecule has 44 heavy (non-hydrogen) atoms. The van der Waals surface area contributed by atoms with Gasteiger partial charge in [-0.3, -0.25) is 19.2 Å². The first-order valence-corrected chi connectivity index (χ1v) is 16.4. The number of alkyl halides is 1. The molecule has 7 atom stereocenters. The number of rotatable bonds is 16. The Bertz CT molecular complexity index is 1260. The Morgan fingerprint density at radius 2 is 2.02 bits per heavy atom. The van der Waals surface area contributed by atoms with E-state index in [1.807, 2.05) is 0 Å². The van der Waals surface area contributed by atoms with E-state index in [0.29, 0.717) is 42.8 Å². The molecule has 3 heterocycles. The van der Waals surface area contributed by atoms with Crippen LogP contribution in [0, 0.1) is 11.8 Å². The Morgan fingerprint density at radius 1 is 1.27 bits per heavy atom. The topological polar surface area (TPSA) is 125 Å². The van der Waals surface area contributed by atoms with Crippen LogP contribution in [0.3, 0.4) is 0 Å². The predicted octanol–water partition coefficient (Wildman–Crippen LogP) is 3.78. The van der Waals surface area contributed by atoms with Gasteiger partial charge in [0, 0.05) is 30.9 Å². The summed E-state index contributed by atoms with van der Waals surface area (Å²) in [5.41, 5.74) is -0.786. The van der Waals surface area contributed by atoms with E-state index >= 15 is 0 Å². The number of nitrogens with one attached hydrogen (secondary N) is 1. The maximum atomic E-state index is 14.6. The molecule has 0 saturated carbocycles. The smallest absolute Gasteiger partial charge is 0.312 e. The lowest BCUT2D eigenvalue weighted by atomic mass is 9.70. The average molecular weight is 695 g/mol. The highest BCUT2D eigenvalue weighted by atomic mass is 79.9. The molecule has 3 aliphatic rings. The van der Waals surface area contributed by atoms with Gasteiger partial charge in [0.2, 0.25) is 11.8 Å². The maximum Gasteiger partial charge on any atom is 0.312 e. The number of unbranched alkanes of at least 4 members (excludes halogenated alkanes) is 2. The zero-order chi connectivity index (χ0) is 32.0. The number of anilines is 1. The van der Waals surface area contributed by atoms with Crippen molar-refractivity contribution in [2.24, 2.45) is 11.8 Å². The molecule has 2 bridgehead atoms. The van der Waals surface area contributed by atoms with E-state index in [4.69, 9.17) is 21.1 Å². The minimum absolute atomic E-state index is 0.0271. The molecule has 0 aliphatic carbocycles. The molecule has 2 N–H and O–H groups in total. The van der Waals surface area contributed by atoms with Crippen LogP contribution in [0.4, 0.5) is 5.69 Å². The van der Waals surface area contributed by atoms with Crippen molar-refractivity contribution >= 4 is 56.9 Å². The molecule has 1 aromatic carbocycles. The first-order valence-electron chi connectivity index (χ1n) is 15.1. The number of carbonyl (C=O) groups is 4. The molecule has 10 nitrogen and oxygen atoms in total. The first-order chi connectivity index (χ1) is 21.1. The number of nitrogens with zero attached hydrogens (tertiary/aromatic N) is 2. The second-order valence-corrected chi connectivity index (χ2v) is 13.1. The number of carbonyl (C=O) groups excluding carboxylic acids is 4. The molecule has 3 amide bonds. The Balaban J connectivity index is 1.64. The van der Waals surface area contributed by atoms with Crippen LogP contribution in [0.2, 0.25) is 5.02 Å². The normalized spacial score (nSPS) is 27.5. The summed E-state index contributed by atoms with van der Waals surface area (Å²) in [5, 5.41) is 12.4. The van der Waals surface area contributed by atoms with Gasteiger partial charge in [0.05, 0.1) is 35.2 Å². The fourth-order valence-electron chi connectivity index (χ4n) is 6.64. The summed E-state index contributed by atoms with van der Waals surface area (Å²) in [6, 6.07) is 5.95. The number of para-hydroxylation sites is 1. The number of fused-ring (bicyclic) bond motifs is 1. The third-order valence-corrected chi connectivity index (χ3v) is 9.72. The number of amides is 3. The standard InChI is InChI=1S/C32H41BrClN3O7/c1-4-6-14-24(39)35-19-20(3)43-31(42)25-26-29(40)37(16-10-7-11-17-38)28(32(26)18-21(33)27(25)44-32)30(41)36(15-5-2)23-13-9-8-12-22(23)34/h4-5,8-9,12-13,20-21,25-28,38H,1-2,6-7,10-11,14-19H2,3H3,(H,35,39)/t20-,21?,25-,26+,27-,28-,32+/m1/s1. The summed E-state index contributed by atoms with van der Waals surface area (Å²) in [7, 11) is 0. The zero-order valence-corrected chi connectivity index (χ0v) is 27.3. The highest BCUT2D eigenvalue weighted by Crippen LogP contribution is 2.60. The third kappa shape index (κ3) is 6.76. The van der Waals surface area contributed by atoms with Crippen molar-refractivity contribution in [1.29, 1.82) is 0 Å². The van der Waals surface area contributed by atoms with Crippen LogP contribution in [0.15, 0.2) is 49.6 Å². The van der Waals surface area contributed by atoms with Crippen molar-refractivity contribution < 1.29 is 33.8 Å². The van der Waals surface area contributed by atoms with Gasteiger partial charge in [0.25, 0.3) is 5.91 Å². The highest BCUT2D eigenvalue weighted by molar-refractivity contribution is 9.09. The summed E-state index contributed by atoms with van der Waals surface area (Å²) in [6.07, 6.45) is 4.88. The van der Waals surface area contributed by atoms with E-state index in [1.54, 1.807) is 48.2 Å². The number of aliphatic hydroxyl groups is 1. The van der Waals surface area contributed by atoms with Gasteiger partial charge in [0.15, 0.2) is 0 Å². The van der Waals surface area contributed by atoms with E-state index in [0.717, 1.165) is 0 Å². The van der Waals surface area contributed by atoms with Crippen molar-refractivity contribution in [2.75, 3.05) is 31.1 Å². The summed E-state index contributed by atoms with van der Waals surface area (Å²) in [4.78, 5) is 57.3. The first kappa shape index (κ1) is 34.1. The molecule has 3 saturated heterocycles. The molecule has 1 unspecified atom stereocenters. The van der Waals surface area contributed by atoms with Gasteiger partial charge in [-0.15, -0.1) is 13.2 Å². The second kappa shape index (κ2) is 15.0. The van der Waals surface area contributed by atoms with Crippen LogP contribution >= 0.6 is 27.5 Å². The van der Waals surface area contributed by atoms with Crippen molar-refractivity contribution in [3.63, 3.8) is 0 Å². The van der Waals surface area contributed by atoms with Crippen molar-refractivity contribution in [3.05, 3.63) is 54.6 Å². The number of likely N-dealkylation sites (tertiary alicyclic amines) is 1. The molecule has 0 radical (unpaired) electrons. The lowest BCUT2D eigenvalue weighted by Crippen LogP contribution is -2.57. The van der Waals surface area contributed by atoms with Gasteiger partial charge >= 0.3 is 5.97 Å². The van der Waals surface area contributed by atoms with Crippen molar-refractivity contribution in [1.82, 2.24) is 10.2 Å². The number of benzene rings is 1. The lowest BCUT2D eigenvalue weighted by molar-refractivity contribution is -0.159. The van der Waals surface area contributed by atoms with Crippen molar-refractivity contribution in [2.45, 2.75) is 74.1 Å². The van der Waals surface area contributed by atoms with Crippen molar-refractivity contribution in [3.8, 4) is 0 Å². The molecule has 3 fully saturated rings. The minimum Gasteiger partial charge on any atom is -0.460 e. The molecule has 1 spiro atoms. The highest BCUT2D eigenvalue weighted by Gasteiger charge is 2.77. The molecule has 3 aliphatic heterocycles. The maximum absolute atomic E-state index is 14.6. The number of ether oxygens (including phenoxy) is 2. The van der Waals surface area contributed by atoms with Crippen LogP contribution in [-0.4, -0.2) is 88.6 Å². The van der Waals surface area contributed by atoms with E-state index in [1.165, 1.54) is 4.90 Å². The fraction of sp³-hybridized carbons (Fsp3) is 0.562. The molecule has 4 rings (SSSR count). The Labute approximate surface area is 271 Å². The Kier molecular flexibility index (Phi) is 11.7. The number of hydrogen-bond donors (Lipinski definition) is 2. The SMILES string of the molecule is C=CCCC(=O)NC[C@@H](C)OC(=O)[C@H]1[C@@H]2O[C@@]3(CC2Br)[C@@H]1C(=O)N(CCCCCO)[C@@H]3C(=O)N(CC=C)c1ccccc1Cl. The molecule has 240 valence electrons. The average Bonchev–Trinajstić information content (AvgIpc) is 3.59. The number of hydrogen-bond acceptors (Lipinski definition) is 7. The molecular weight excluding hydrogens is 654 g/mol. The van der Waals surface area contributed by atoms with Gasteiger partial charge in [-0.2, -0.15) is 0 Å². The van der Waals surface area contributed by atoms with Crippen LogP contribution in [0.1, 0.15) is 45.4 Å². The monoisotopic (exact) mass is 693 g/mol. The van der Waals surface area contributed by atoms with E-state index < -0.39 is 41.7 Å². The predicted molar refractivity (Wildman–Crippen MR) is 170 cm³/mol. The van der Waals surface area contributed by atoms with Crippen LogP contribution in [0.25, 0.3) is 0 Å². The van der Waals surface area contributed by atoms with Crippen LogP contribution < -0.4 is 10.2 Å². The van der Waals surface area contributed by atoms with Gasteiger partial charge in [-0.25, -0.2) is 0 Å².